The van der Waals surface area contributed by atoms with Crippen LogP contribution in [0.3, 0.4) is 0 Å². The van der Waals surface area contributed by atoms with Gasteiger partial charge in [-0.2, -0.15) is 0 Å². The summed E-state index contributed by atoms with van der Waals surface area (Å²) in [5.74, 6) is 0. The van der Waals surface area contributed by atoms with Gasteiger partial charge in [0.1, 0.15) is 11.3 Å². The van der Waals surface area contributed by atoms with E-state index in [4.69, 9.17) is 27.6 Å². The second-order valence-electron chi connectivity index (χ2n) is 4.62. The van der Waals surface area contributed by atoms with Crippen molar-refractivity contribution in [1.82, 2.24) is 0 Å². The number of para-hydroxylation sites is 1. The van der Waals surface area contributed by atoms with Crippen molar-refractivity contribution in [3.05, 3.63) is 73.0 Å². The maximum absolute atomic E-state index is 11.9. The zero-order chi connectivity index (χ0) is 16.6. The number of anilines is 2. The van der Waals surface area contributed by atoms with Crippen LogP contribution in [0.15, 0.2) is 51.7 Å². The van der Waals surface area contributed by atoms with Crippen molar-refractivity contribution in [3.63, 3.8) is 0 Å². The number of hydrogen-bond acceptors (Lipinski definition) is 5. The fraction of sp³-hybridized carbons (Fsp3) is 0. The summed E-state index contributed by atoms with van der Waals surface area (Å²) in [4.78, 5) is 22.4. The molecule has 2 aromatic carbocycles. The summed E-state index contributed by atoms with van der Waals surface area (Å²) in [6, 6.07) is 11.1. The normalized spacial score (nSPS) is 10.7. The van der Waals surface area contributed by atoms with Crippen LogP contribution in [0.2, 0.25) is 10.0 Å². The Bertz CT molecular complexity index is 985. The van der Waals surface area contributed by atoms with E-state index in [2.05, 4.69) is 5.32 Å². The molecule has 0 spiro atoms. The summed E-state index contributed by atoms with van der Waals surface area (Å²) in [6.45, 7) is 0. The number of rotatable bonds is 3. The maximum Gasteiger partial charge on any atom is 0.417 e. The lowest BCUT2D eigenvalue weighted by Crippen LogP contribution is -2.10. The molecule has 0 unspecified atom stereocenters. The number of benzene rings is 2. The highest BCUT2D eigenvalue weighted by molar-refractivity contribution is 6.36. The van der Waals surface area contributed by atoms with Crippen molar-refractivity contribution >= 4 is 51.2 Å². The topological polar surface area (TPSA) is 85.4 Å². The third-order valence-electron chi connectivity index (χ3n) is 3.16. The molecular weight excluding hydrogens is 343 g/mol. The van der Waals surface area contributed by atoms with Gasteiger partial charge in [0.05, 0.1) is 15.6 Å². The predicted octanol–water partition coefficient (Wildman–Crippen LogP) is 4.75. The Labute approximate surface area is 139 Å². The van der Waals surface area contributed by atoms with Crippen LogP contribution in [0.5, 0.6) is 0 Å². The van der Waals surface area contributed by atoms with Gasteiger partial charge in [0.2, 0.25) is 0 Å². The van der Waals surface area contributed by atoms with Crippen LogP contribution in [-0.2, 0) is 0 Å². The van der Waals surface area contributed by atoms with E-state index in [-0.39, 0.29) is 16.3 Å². The lowest BCUT2D eigenvalue weighted by molar-refractivity contribution is -0.386. The van der Waals surface area contributed by atoms with Crippen molar-refractivity contribution in [3.8, 4) is 0 Å². The molecule has 1 heterocycles. The zero-order valence-electron chi connectivity index (χ0n) is 11.4. The first-order valence-electron chi connectivity index (χ1n) is 6.39. The molecule has 0 radical (unpaired) electrons. The van der Waals surface area contributed by atoms with E-state index >= 15 is 0 Å². The minimum Gasteiger partial charge on any atom is -0.418 e. The first-order valence-corrected chi connectivity index (χ1v) is 7.15. The van der Waals surface area contributed by atoms with Gasteiger partial charge in [-0.05, 0) is 30.3 Å². The van der Waals surface area contributed by atoms with E-state index in [9.17, 15) is 14.9 Å². The van der Waals surface area contributed by atoms with Crippen molar-refractivity contribution in [1.29, 1.82) is 0 Å². The summed E-state index contributed by atoms with van der Waals surface area (Å²) in [7, 11) is 0. The molecule has 1 aromatic heterocycles. The van der Waals surface area contributed by atoms with E-state index in [0.29, 0.717) is 16.1 Å². The average molecular weight is 351 g/mol. The fourth-order valence-corrected chi connectivity index (χ4v) is 2.61. The van der Waals surface area contributed by atoms with Gasteiger partial charge >= 0.3 is 11.3 Å². The molecule has 0 aliphatic carbocycles. The molecule has 0 saturated heterocycles. The zero-order valence-corrected chi connectivity index (χ0v) is 12.9. The molecule has 0 fully saturated rings. The van der Waals surface area contributed by atoms with E-state index in [1.807, 2.05) is 0 Å². The summed E-state index contributed by atoms with van der Waals surface area (Å²) in [5.41, 5.74) is -1.09. The van der Waals surface area contributed by atoms with Crippen molar-refractivity contribution in [2.45, 2.75) is 0 Å². The van der Waals surface area contributed by atoms with Gasteiger partial charge in [-0.15, -0.1) is 0 Å². The Morgan fingerprint density at radius 3 is 2.57 bits per heavy atom. The smallest absolute Gasteiger partial charge is 0.417 e. The van der Waals surface area contributed by atoms with Gasteiger partial charge in [-0.1, -0.05) is 35.3 Å². The highest BCUT2D eigenvalue weighted by Gasteiger charge is 2.25. The van der Waals surface area contributed by atoms with E-state index in [1.54, 1.807) is 36.4 Å². The van der Waals surface area contributed by atoms with Gasteiger partial charge in [0.15, 0.2) is 0 Å². The first-order chi connectivity index (χ1) is 11.0. The number of nitro groups is 1. The van der Waals surface area contributed by atoms with Gasteiger partial charge < -0.3 is 9.73 Å². The van der Waals surface area contributed by atoms with Crippen molar-refractivity contribution in [2.75, 3.05) is 5.32 Å². The quantitative estimate of drug-likeness (QED) is 0.418. The third-order valence-corrected chi connectivity index (χ3v) is 3.71. The second-order valence-corrected chi connectivity index (χ2v) is 5.46. The largest absolute Gasteiger partial charge is 0.418 e. The third kappa shape index (κ3) is 2.86. The lowest BCUT2D eigenvalue weighted by atomic mass is 10.1. The Hall–Kier alpha value is -2.57. The van der Waals surface area contributed by atoms with Crippen molar-refractivity contribution < 1.29 is 9.34 Å². The molecule has 6 nitrogen and oxygen atoms in total. The Kier molecular flexibility index (Phi) is 3.94. The highest BCUT2D eigenvalue weighted by atomic mass is 35.5. The van der Waals surface area contributed by atoms with Crippen LogP contribution in [0.4, 0.5) is 17.1 Å². The van der Waals surface area contributed by atoms with E-state index < -0.39 is 16.2 Å². The molecule has 23 heavy (non-hydrogen) atoms. The molecule has 3 aromatic rings. The van der Waals surface area contributed by atoms with E-state index in [1.165, 1.54) is 6.07 Å². The van der Waals surface area contributed by atoms with Crippen LogP contribution < -0.4 is 10.9 Å². The molecule has 0 aliphatic heterocycles. The van der Waals surface area contributed by atoms with E-state index in [0.717, 1.165) is 0 Å². The molecule has 8 heteroatoms. The molecule has 0 amide bonds. The summed E-state index contributed by atoms with van der Waals surface area (Å²) in [5, 5.41) is 15.2. The number of fused-ring (bicyclic) bond motifs is 1. The van der Waals surface area contributed by atoms with Gasteiger partial charge in [0.25, 0.3) is 0 Å². The lowest BCUT2D eigenvalue weighted by Gasteiger charge is -2.10. The molecule has 1 N–H and O–H groups in total. The molecule has 116 valence electrons. The number of halogens is 2. The summed E-state index contributed by atoms with van der Waals surface area (Å²) >= 11 is 11.9. The molecule has 0 saturated carbocycles. The molecule has 0 atom stereocenters. The number of nitrogens with one attached hydrogen (secondary N) is 1. The highest BCUT2D eigenvalue weighted by Crippen LogP contribution is 2.35. The fourth-order valence-electron chi connectivity index (χ4n) is 2.16. The molecule has 3 rings (SSSR count). The summed E-state index contributed by atoms with van der Waals surface area (Å²) < 4.78 is 4.99. The SMILES string of the molecule is O=c1oc2ccccc2c(Nc2ccc(Cl)cc2Cl)c1[N+](=O)[O-]. The van der Waals surface area contributed by atoms with Crippen LogP contribution in [0.25, 0.3) is 11.0 Å². The second kappa shape index (κ2) is 5.91. The van der Waals surface area contributed by atoms with Crippen LogP contribution in [0.1, 0.15) is 0 Å². The predicted molar refractivity (Wildman–Crippen MR) is 88.9 cm³/mol. The molecular formula is C15H8Cl2N2O4. The number of nitrogens with zero attached hydrogens (tertiary/aromatic N) is 1. The number of hydrogen-bond donors (Lipinski definition) is 1. The average Bonchev–Trinajstić information content (AvgIpc) is 2.49. The van der Waals surface area contributed by atoms with Gasteiger partial charge in [0, 0.05) is 10.4 Å². The maximum atomic E-state index is 11.9. The first kappa shape index (κ1) is 15.3. The minimum absolute atomic E-state index is 0.0195. The minimum atomic E-state index is -1.04. The Balaban J connectivity index is 2.28. The van der Waals surface area contributed by atoms with Crippen molar-refractivity contribution in [2.24, 2.45) is 0 Å². The van der Waals surface area contributed by atoms with Crippen LogP contribution >= 0.6 is 23.2 Å². The summed E-state index contributed by atoms with van der Waals surface area (Å²) in [6.07, 6.45) is 0. The van der Waals surface area contributed by atoms with Gasteiger partial charge in [-0.25, -0.2) is 4.79 Å². The van der Waals surface area contributed by atoms with Crippen LogP contribution in [-0.4, -0.2) is 4.92 Å². The van der Waals surface area contributed by atoms with Crippen LogP contribution in [0, 0.1) is 10.1 Å². The Morgan fingerprint density at radius 1 is 1.13 bits per heavy atom. The monoisotopic (exact) mass is 350 g/mol. The standard InChI is InChI=1S/C15H8Cl2N2O4/c16-8-5-6-11(10(17)7-8)18-13-9-3-1-2-4-12(9)23-15(20)14(13)19(21)22/h1-7,18H. The molecule has 0 bridgehead atoms. The Morgan fingerprint density at radius 2 is 1.87 bits per heavy atom. The van der Waals surface area contributed by atoms with Gasteiger partial charge in [-0.3, -0.25) is 10.1 Å². The molecule has 0 aliphatic rings.